The van der Waals surface area contributed by atoms with Gasteiger partial charge in [-0.3, -0.25) is 0 Å². The molecule has 0 saturated carbocycles. The van der Waals surface area contributed by atoms with E-state index in [1.807, 2.05) is 4.68 Å². The van der Waals surface area contributed by atoms with E-state index in [0.29, 0.717) is 0 Å². The Labute approximate surface area is 159 Å². The number of allylic oxidation sites excluding steroid dienone is 1. The molecule has 0 bridgehead atoms. The van der Waals surface area contributed by atoms with Gasteiger partial charge in [0, 0.05) is 17.0 Å². The molecular formula is C21H37N5. The summed E-state index contributed by atoms with van der Waals surface area (Å²) in [6.07, 6.45) is 6.36. The first-order valence-electron chi connectivity index (χ1n) is 9.69. The van der Waals surface area contributed by atoms with Gasteiger partial charge in [-0.1, -0.05) is 60.6 Å². The number of hydrogen-bond donors (Lipinski definition) is 0. The van der Waals surface area contributed by atoms with Gasteiger partial charge < -0.3 is 0 Å². The maximum Gasteiger partial charge on any atom is 0.0962 e. The smallest absolute Gasteiger partial charge is 0.0962 e. The molecule has 0 amide bonds. The fourth-order valence-corrected chi connectivity index (χ4v) is 2.89. The predicted molar refractivity (Wildman–Crippen MR) is 107 cm³/mol. The minimum atomic E-state index is -0.0898. The summed E-state index contributed by atoms with van der Waals surface area (Å²) in [6, 6.07) is 0.175. The van der Waals surface area contributed by atoms with Crippen LogP contribution in [0.4, 0.5) is 0 Å². The van der Waals surface area contributed by atoms with Crippen molar-refractivity contribution in [3.05, 3.63) is 23.7 Å². The lowest BCUT2D eigenvalue weighted by molar-refractivity contribution is 0.241. The van der Waals surface area contributed by atoms with Crippen LogP contribution in [-0.4, -0.2) is 21.0 Å². The maximum absolute atomic E-state index is 4.52. The molecule has 5 heteroatoms. The van der Waals surface area contributed by atoms with Gasteiger partial charge in [-0.25, -0.2) is 4.68 Å². The summed E-state index contributed by atoms with van der Waals surface area (Å²) in [5, 5.41) is 17.8. The second-order valence-electron chi connectivity index (χ2n) is 11.1. The van der Waals surface area contributed by atoms with Gasteiger partial charge in [0.2, 0.25) is 0 Å². The average molecular weight is 360 g/mol. The van der Waals surface area contributed by atoms with Gasteiger partial charge in [0.05, 0.1) is 23.0 Å². The number of azo groups is 1. The van der Waals surface area contributed by atoms with Crippen molar-refractivity contribution < 1.29 is 0 Å². The van der Waals surface area contributed by atoms with Gasteiger partial charge in [-0.15, -0.1) is 5.10 Å². The molecule has 1 aliphatic rings. The van der Waals surface area contributed by atoms with E-state index in [-0.39, 0.29) is 27.8 Å². The fraction of sp³-hybridized carbons (Fsp3) is 0.810. The Hall–Kier alpha value is -1.52. The minimum absolute atomic E-state index is 0.00575. The summed E-state index contributed by atoms with van der Waals surface area (Å²) in [7, 11) is 0. The van der Waals surface area contributed by atoms with Crippen LogP contribution in [0.1, 0.15) is 87.8 Å². The molecule has 0 aliphatic carbocycles. The van der Waals surface area contributed by atoms with Crippen LogP contribution in [0.3, 0.4) is 0 Å². The summed E-state index contributed by atoms with van der Waals surface area (Å²) in [6.45, 7) is 22.1. The largest absolute Gasteiger partial charge is 0.247 e. The Morgan fingerprint density at radius 1 is 0.923 bits per heavy atom. The van der Waals surface area contributed by atoms with Crippen molar-refractivity contribution in [3.63, 3.8) is 0 Å². The molecule has 0 saturated heterocycles. The molecule has 0 spiro atoms. The zero-order valence-corrected chi connectivity index (χ0v) is 18.4. The summed E-state index contributed by atoms with van der Waals surface area (Å²) in [5.74, 6) is 0. The van der Waals surface area contributed by atoms with Crippen LogP contribution in [-0.2, 0) is 11.0 Å². The van der Waals surface area contributed by atoms with E-state index < -0.39 is 0 Å². The third-order valence-electron chi connectivity index (χ3n) is 5.43. The molecule has 146 valence electrons. The second-order valence-corrected chi connectivity index (χ2v) is 11.1. The van der Waals surface area contributed by atoms with Gasteiger partial charge in [0.15, 0.2) is 0 Å². The minimum Gasteiger partial charge on any atom is -0.247 e. The Balaban J connectivity index is 2.09. The third kappa shape index (κ3) is 4.60. The second kappa shape index (κ2) is 6.58. The van der Waals surface area contributed by atoms with Crippen molar-refractivity contribution in [2.24, 2.45) is 21.1 Å². The lowest BCUT2D eigenvalue weighted by Gasteiger charge is -2.31. The van der Waals surface area contributed by atoms with E-state index in [1.165, 1.54) is 0 Å². The predicted octanol–water partition coefficient (Wildman–Crippen LogP) is 5.88. The summed E-state index contributed by atoms with van der Waals surface area (Å²) in [5.41, 5.74) is 2.18. The van der Waals surface area contributed by atoms with Gasteiger partial charge in [-0.05, 0) is 38.2 Å². The van der Waals surface area contributed by atoms with Crippen molar-refractivity contribution in [1.29, 1.82) is 0 Å². The quantitative estimate of drug-likeness (QED) is 0.659. The SMILES string of the molecule is CC(C)(CCC(C)(C)n1cc(C(C)(C)C)nn1)C1=CC(C(C)(C)C)N=N1. The van der Waals surface area contributed by atoms with E-state index in [9.17, 15) is 0 Å². The third-order valence-corrected chi connectivity index (χ3v) is 5.43. The van der Waals surface area contributed by atoms with Crippen LogP contribution in [0, 0.1) is 10.8 Å². The highest BCUT2D eigenvalue weighted by molar-refractivity contribution is 5.19. The van der Waals surface area contributed by atoms with Gasteiger partial charge >= 0.3 is 0 Å². The van der Waals surface area contributed by atoms with Crippen LogP contribution < -0.4 is 0 Å². The summed E-state index contributed by atoms with van der Waals surface area (Å²) < 4.78 is 2.02. The van der Waals surface area contributed by atoms with Crippen molar-refractivity contribution in [2.45, 2.75) is 99.1 Å². The van der Waals surface area contributed by atoms with Gasteiger partial charge in [0.1, 0.15) is 0 Å². The topological polar surface area (TPSA) is 55.4 Å². The van der Waals surface area contributed by atoms with E-state index in [1.54, 1.807) is 0 Å². The Morgan fingerprint density at radius 3 is 2.00 bits per heavy atom. The fourth-order valence-electron chi connectivity index (χ4n) is 2.89. The first-order chi connectivity index (χ1) is 11.6. The zero-order chi connectivity index (χ0) is 20.0. The number of nitrogens with zero attached hydrogens (tertiary/aromatic N) is 5. The first-order valence-corrected chi connectivity index (χ1v) is 9.69. The molecule has 0 N–H and O–H groups in total. The molecule has 0 aromatic carbocycles. The Bertz CT molecular complexity index is 693. The molecule has 0 radical (unpaired) electrons. The molecule has 26 heavy (non-hydrogen) atoms. The molecule has 1 aromatic heterocycles. The molecule has 1 unspecified atom stereocenters. The van der Waals surface area contributed by atoms with Crippen molar-refractivity contribution in [1.82, 2.24) is 15.0 Å². The van der Waals surface area contributed by atoms with E-state index in [0.717, 1.165) is 24.2 Å². The highest BCUT2D eigenvalue weighted by Gasteiger charge is 2.34. The van der Waals surface area contributed by atoms with Crippen molar-refractivity contribution in [3.8, 4) is 0 Å². The molecular weight excluding hydrogens is 322 g/mol. The Kier molecular flexibility index (Phi) is 5.26. The summed E-state index contributed by atoms with van der Waals surface area (Å²) >= 11 is 0. The van der Waals surface area contributed by atoms with Crippen molar-refractivity contribution in [2.75, 3.05) is 0 Å². The monoisotopic (exact) mass is 359 g/mol. The van der Waals surface area contributed by atoms with Gasteiger partial charge in [-0.2, -0.15) is 10.2 Å². The van der Waals surface area contributed by atoms with E-state index in [2.05, 4.69) is 102 Å². The molecule has 2 rings (SSSR count). The highest BCUT2D eigenvalue weighted by Crippen LogP contribution is 2.41. The average Bonchev–Trinajstić information content (AvgIpc) is 3.13. The van der Waals surface area contributed by atoms with Gasteiger partial charge in [0.25, 0.3) is 0 Å². The van der Waals surface area contributed by atoms with Crippen LogP contribution in [0.25, 0.3) is 0 Å². The van der Waals surface area contributed by atoms with Crippen LogP contribution in [0.15, 0.2) is 28.2 Å². The van der Waals surface area contributed by atoms with Crippen molar-refractivity contribution >= 4 is 0 Å². The number of rotatable bonds is 5. The first kappa shape index (κ1) is 20.8. The number of hydrogen-bond acceptors (Lipinski definition) is 4. The van der Waals surface area contributed by atoms with E-state index >= 15 is 0 Å². The molecule has 2 heterocycles. The Morgan fingerprint density at radius 2 is 1.54 bits per heavy atom. The lowest BCUT2D eigenvalue weighted by atomic mass is 9.78. The normalized spacial score (nSPS) is 19.2. The molecule has 1 aromatic rings. The lowest BCUT2D eigenvalue weighted by Crippen LogP contribution is -2.29. The summed E-state index contributed by atoms with van der Waals surface area (Å²) in [4.78, 5) is 0. The maximum atomic E-state index is 4.52. The zero-order valence-electron chi connectivity index (χ0n) is 18.4. The highest BCUT2D eigenvalue weighted by atomic mass is 15.4. The van der Waals surface area contributed by atoms with Crippen LogP contribution >= 0.6 is 0 Å². The van der Waals surface area contributed by atoms with Crippen LogP contribution in [0.5, 0.6) is 0 Å². The number of aromatic nitrogens is 3. The molecule has 1 atom stereocenters. The molecule has 5 nitrogen and oxygen atoms in total. The molecule has 0 fully saturated rings. The standard InChI is InChI=1S/C21H37N5/c1-18(2,3)15-13-16(23-22-15)20(7,8)11-12-21(9,10)26-14-17(24-25-26)19(4,5)6/h13-15H,11-12H2,1-10H3. The molecule has 1 aliphatic heterocycles. The van der Waals surface area contributed by atoms with E-state index in [4.69, 9.17) is 0 Å². The van der Waals surface area contributed by atoms with Crippen LogP contribution in [0.2, 0.25) is 0 Å².